The molecule has 4 nitrogen and oxygen atoms in total. The molecule has 0 radical (unpaired) electrons. The molecule has 2 rings (SSSR count). The number of halogens is 1. The molecule has 0 aliphatic heterocycles. The lowest BCUT2D eigenvalue weighted by molar-refractivity contribution is 0.770. The van der Waals surface area contributed by atoms with Crippen LogP contribution in [0.15, 0.2) is 30.3 Å². The molecular weight excluding hydrogens is 284 g/mol. The molecule has 0 amide bonds. The predicted octanol–water partition coefficient (Wildman–Crippen LogP) is 4.47. The van der Waals surface area contributed by atoms with E-state index in [1.807, 2.05) is 37.4 Å². The summed E-state index contributed by atoms with van der Waals surface area (Å²) in [6.07, 6.45) is 0. The molecule has 112 valence electrons. The summed E-state index contributed by atoms with van der Waals surface area (Å²) >= 11 is 6.04. The third kappa shape index (κ3) is 4.08. The Labute approximate surface area is 131 Å². The monoisotopic (exact) mass is 304 g/mol. The topological polar surface area (TPSA) is 49.8 Å². The average Bonchev–Trinajstić information content (AvgIpc) is 2.46. The highest BCUT2D eigenvalue weighted by Gasteiger charge is 2.11. The van der Waals surface area contributed by atoms with Crippen molar-refractivity contribution in [2.75, 3.05) is 17.7 Å². The van der Waals surface area contributed by atoms with Crippen LogP contribution in [0, 0.1) is 0 Å². The van der Waals surface area contributed by atoms with Crippen LogP contribution in [0.3, 0.4) is 0 Å². The fourth-order valence-electron chi connectivity index (χ4n) is 2.01. The van der Waals surface area contributed by atoms with Gasteiger partial charge in [0.15, 0.2) is 0 Å². The van der Waals surface area contributed by atoms with Crippen molar-refractivity contribution in [1.82, 2.24) is 9.97 Å². The van der Waals surface area contributed by atoms with E-state index in [1.165, 1.54) is 0 Å². The highest BCUT2D eigenvalue weighted by Crippen LogP contribution is 2.23. The lowest BCUT2D eigenvalue weighted by Gasteiger charge is -2.17. The highest BCUT2D eigenvalue weighted by atomic mass is 35.5. The van der Waals surface area contributed by atoms with Gasteiger partial charge in [-0.25, -0.2) is 9.97 Å². The fourth-order valence-corrected chi connectivity index (χ4v) is 2.21. The Morgan fingerprint density at radius 2 is 1.76 bits per heavy atom. The van der Waals surface area contributed by atoms with Crippen molar-refractivity contribution in [3.63, 3.8) is 0 Å². The van der Waals surface area contributed by atoms with Crippen LogP contribution in [-0.4, -0.2) is 17.0 Å². The number of rotatable bonds is 5. The van der Waals surface area contributed by atoms with Crippen molar-refractivity contribution in [3.05, 3.63) is 46.7 Å². The molecule has 1 heterocycles. The minimum absolute atomic E-state index is 0.114. The largest absolute Gasteiger partial charge is 0.373 e. The average molecular weight is 305 g/mol. The summed E-state index contributed by atoms with van der Waals surface area (Å²) in [5.74, 6) is 2.72. The van der Waals surface area contributed by atoms with Gasteiger partial charge in [-0.05, 0) is 24.6 Å². The second-order valence-corrected chi connectivity index (χ2v) is 5.76. The molecule has 1 atom stereocenters. The molecule has 2 N–H and O–H groups in total. The summed E-state index contributed by atoms with van der Waals surface area (Å²) in [5, 5.41) is 7.22. The summed E-state index contributed by atoms with van der Waals surface area (Å²) in [7, 11) is 1.86. The molecule has 0 bridgehead atoms. The molecule has 5 heteroatoms. The zero-order chi connectivity index (χ0) is 15.4. The zero-order valence-corrected chi connectivity index (χ0v) is 13.6. The first kappa shape index (κ1) is 15.6. The Bertz CT molecular complexity index is 613. The third-order valence-electron chi connectivity index (χ3n) is 3.23. The first-order valence-electron chi connectivity index (χ1n) is 7.08. The van der Waals surface area contributed by atoms with Crippen molar-refractivity contribution in [1.29, 1.82) is 0 Å². The van der Waals surface area contributed by atoms with Crippen LogP contribution in [0.4, 0.5) is 11.6 Å². The van der Waals surface area contributed by atoms with Gasteiger partial charge in [0.1, 0.15) is 17.5 Å². The van der Waals surface area contributed by atoms with Gasteiger partial charge in [0.25, 0.3) is 0 Å². The number of nitrogens with one attached hydrogen (secondary N) is 2. The highest BCUT2D eigenvalue weighted by molar-refractivity contribution is 6.30. The van der Waals surface area contributed by atoms with E-state index in [4.69, 9.17) is 11.6 Å². The van der Waals surface area contributed by atoms with Crippen molar-refractivity contribution in [3.8, 4) is 0 Å². The number of hydrogen-bond donors (Lipinski definition) is 2. The fraction of sp³-hybridized carbons (Fsp3) is 0.375. The van der Waals surface area contributed by atoms with Crippen molar-refractivity contribution >= 4 is 23.2 Å². The molecule has 0 saturated heterocycles. The second kappa shape index (κ2) is 6.76. The summed E-state index contributed by atoms with van der Waals surface area (Å²) in [6, 6.07) is 9.86. The van der Waals surface area contributed by atoms with E-state index in [9.17, 15) is 0 Å². The van der Waals surface area contributed by atoms with Gasteiger partial charge in [0, 0.05) is 30.1 Å². The Morgan fingerprint density at radius 1 is 1.05 bits per heavy atom. The van der Waals surface area contributed by atoms with Crippen LogP contribution in [0.25, 0.3) is 0 Å². The van der Waals surface area contributed by atoms with Gasteiger partial charge in [0.05, 0.1) is 0 Å². The number of aromatic nitrogens is 2. The molecule has 0 aliphatic rings. The van der Waals surface area contributed by atoms with Crippen LogP contribution in [0.5, 0.6) is 0 Å². The van der Waals surface area contributed by atoms with Gasteiger partial charge < -0.3 is 10.6 Å². The minimum Gasteiger partial charge on any atom is -0.373 e. The van der Waals surface area contributed by atoms with E-state index in [0.717, 1.165) is 28.0 Å². The Morgan fingerprint density at radius 3 is 2.38 bits per heavy atom. The van der Waals surface area contributed by atoms with E-state index < -0.39 is 0 Å². The molecule has 0 saturated carbocycles. The normalized spacial score (nSPS) is 12.3. The maximum absolute atomic E-state index is 6.04. The van der Waals surface area contributed by atoms with Crippen molar-refractivity contribution < 1.29 is 0 Å². The number of anilines is 2. The van der Waals surface area contributed by atoms with Gasteiger partial charge >= 0.3 is 0 Å². The number of benzene rings is 1. The van der Waals surface area contributed by atoms with E-state index >= 15 is 0 Å². The molecule has 1 aromatic heterocycles. The van der Waals surface area contributed by atoms with Gasteiger partial charge in [-0.15, -0.1) is 0 Å². The molecule has 0 fully saturated rings. The first-order valence-corrected chi connectivity index (χ1v) is 7.46. The molecule has 1 aromatic carbocycles. The van der Waals surface area contributed by atoms with E-state index in [-0.39, 0.29) is 12.0 Å². The van der Waals surface area contributed by atoms with Gasteiger partial charge in [-0.2, -0.15) is 0 Å². The number of nitrogens with zero attached hydrogens (tertiary/aromatic N) is 2. The predicted molar refractivity (Wildman–Crippen MR) is 89.2 cm³/mol. The van der Waals surface area contributed by atoms with Crippen LogP contribution in [0.2, 0.25) is 5.02 Å². The number of hydrogen-bond acceptors (Lipinski definition) is 4. The van der Waals surface area contributed by atoms with Crippen LogP contribution in [0.1, 0.15) is 44.1 Å². The quantitative estimate of drug-likeness (QED) is 0.856. The van der Waals surface area contributed by atoms with Crippen LogP contribution < -0.4 is 10.6 Å². The molecule has 21 heavy (non-hydrogen) atoms. The van der Waals surface area contributed by atoms with Crippen LogP contribution in [-0.2, 0) is 0 Å². The summed E-state index contributed by atoms with van der Waals surface area (Å²) in [5.41, 5.74) is 1.12. The second-order valence-electron chi connectivity index (χ2n) is 5.32. The first-order chi connectivity index (χ1) is 9.99. The Balaban J connectivity index is 2.24. The smallest absolute Gasteiger partial charge is 0.135 e. The van der Waals surface area contributed by atoms with Crippen LogP contribution >= 0.6 is 11.6 Å². The van der Waals surface area contributed by atoms with Gasteiger partial charge in [-0.1, -0.05) is 37.6 Å². The summed E-state index contributed by atoms with van der Waals surface area (Å²) in [4.78, 5) is 9.04. The van der Waals surface area contributed by atoms with Gasteiger partial charge in [0.2, 0.25) is 0 Å². The minimum atomic E-state index is 0.114. The third-order valence-corrected chi connectivity index (χ3v) is 3.46. The zero-order valence-electron chi connectivity index (χ0n) is 12.8. The Hall–Kier alpha value is -1.81. The molecule has 1 unspecified atom stereocenters. The lowest BCUT2D eigenvalue weighted by Crippen LogP contribution is -2.11. The molecule has 0 spiro atoms. The van der Waals surface area contributed by atoms with E-state index in [1.54, 1.807) is 0 Å². The molecular formula is C16H21ClN4. The SMILES string of the molecule is CNc1cc(NC(C)c2cccc(Cl)c2)nc(C(C)C)n1. The maximum atomic E-state index is 6.04. The Kier molecular flexibility index (Phi) is 5.02. The van der Waals surface area contributed by atoms with Crippen molar-refractivity contribution in [2.24, 2.45) is 0 Å². The standard InChI is InChI=1S/C16H21ClN4/c1-10(2)16-20-14(18-4)9-15(21-16)19-11(3)12-6-5-7-13(17)8-12/h5-11H,1-4H3,(H2,18,19,20,21). The van der Waals surface area contributed by atoms with E-state index in [2.05, 4.69) is 41.4 Å². The maximum Gasteiger partial charge on any atom is 0.135 e. The summed E-state index contributed by atoms with van der Waals surface area (Å²) in [6.45, 7) is 6.25. The van der Waals surface area contributed by atoms with Crippen molar-refractivity contribution in [2.45, 2.75) is 32.7 Å². The van der Waals surface area contributed by atoms with Gasteiger partial charge in [-0.3, -0.25) is 0 Å². The molecule has 2 aromatic rings. The lowest BCUT2D eigenvalue weighted by atomic mass is 10.1. The molecule has 0 aliphatic carbocycles. The summed E-state index contributed by atoms with van der Waals surface area (Å²) < 4.78 is 0. The van der Waals surface area contributed by atoms with E-state index in [0.29, 0.717) is 0 Å².